The highest BCUT2D eigenvalue weighted by molar-refractivity contribution is 5.92. The Morgan fingerprint density at radius 1 is 1.14 bits per heavy atom. The van der Waals surface area contributed by atoms with Crippen molar-refractivity contribution in [3.63, 3.8) is 0 Å². The Labute approximate surface area is 199 Å². The van der Waals surface area contributed by atoms with Crippen LogP contribution in [0, 0.1) is 5.41 Å². The van der Waals surface area contributed by atoms with Crippen molar-refractivity contribution in [3.05, 3.63) is 66.4 Å². The van der Waals surface area contributed by atoms with Crippen LogP contribution in [0.1, 0.15) is 18.0 Å². The molecular formula is C24H23F2N7O2. The van der Waals surface area contributed by atoms with Gasteiger partial charge in [0.05, 0.1) is 12.2 Å². The minimum Gasteiger partial charge on any atom is -0.415 e. The number of imidazole rings is 1. The average molecular weight is 479 g/mol. The monoisotopic (exact) mass is 479 g/mol. The van der Waals surface area contributed by atoms with Gasteiger partial charge >= 0.3 is 12.5 Å². The molecule has 0 saturated carbocycles. The number of likely N-dealkylation sites (tertiary alicyclic amines) is 2. The minimum atomic E-state index is -2.83. The maximum Gasteiger partial charge on any atom is 0.324 e. The molecule has 1 spiro atoms. The van der Waals surface area contributed by atoms with E-state index in [0.29, 0.717) is 23.4 Å². The van der Waals surface area contributed by atoms with Crippen LogP contribution in [0.25, 0.3) is 17.1 Å². The maximum atomic E-state index is 13.5. The second kappa shape index (κ2) is 8.12. The predicted octanol–water partition coefficient (Wildman–Crippen LogP) is 3.70. The van der Waals surface area contributed by atoms with Crippen LogP contribution in [-0.4, -0.2) is 68.6 Å². The second-order valence-electron chi connectivity index (χ2n) is 9.39. The Hall–Kier alpha value is -3.86. The van der Waals surface area contributed by atoms with Crippen LogP contribution in [0.4, 0.5) is 19.3 Å². The second-order valence-corrected chi connectivity index (χ2v) is 9.39. The van der Waals surface area contributed by atoms with E-state index in [-0.39, 0.29) is 17.3 Å². The van der Waals surface area contributed by atoms with Crippen LogP contribution in [0.2, 0.25) is 0 Å². The largest absolute Gasteiger partial charge is 0.415 e. The number of nitrogens with zero attached hydrogens (tertiary/aromatic N) is 7. The number of carbonyl (C=O) groups excluding carboxylic acids is 1. The number of benzene rings is 1. The molecule has 0 unspecified atom stereocenters. The standard InChI is InChI=1S/C24H23F2N7O2/c1-30-12-24(13-30)14-32(15-24)23(34)33(18-5-3-2-4-6-18)11-17-10-31-8-7-16(9-19(31)27-17)21-28-29-22(35-21)20(25)26/h2-10,20H,11-15H2,1H3. The number of fused-ring (bicyclic) bond motifs is 1. The van der Waals surface area contributed by atoms with Gasteiger partial charge in [0, 0.05) is 55.2 Å². The molecule has 2 aliphatic rings. The summed E-state index contributed by atoms with van der Waals surface area (Å²) in [5, 5.41) is 7.08. The van der Waals surface area contributed by atoms with Gasteiger partial charge in [-0.2, -0.15) is 8.78 Å². The van der Waals surface area contributed by atoms with Gasteiger partial charge in [0.2, 0.25) is 5.89 Å². The lowest BCUT2D eigenvalue weighted by Crippen LogP contribution is -2.73. The molecule has 2 saturated heterocycles. The number of rotatable bonds is 5. The average Bonchev–Trinajstić information content (AvgIpc) is 3.45. The Morgan fingerprint density at radius 2 is 1.91 bits per heavy atom. The molecule has 4 aromatic rings. The zero-order valence-electron chi connectivity index (χ0n) is 19.0. The van der Waals surface area contributed by atoms with Crippen molar-refractivity contribution in [2.75, 3.05) is 38.1 Å². The summed E-state index contributed by atoms with van der Waals surface area (Å²) in [6, 6.07) is 12.9. The molecule has 0 radical (unpaired) electrons. The molecule has 0 aliphatic carbocycles. The highest BCUT2D eigenvalue weighted by atomic mass is 19.3. The van der Waals surface area contributed by atoms with Gasteiger partial charge in [0.1, 0.15) is 5.65 Å². The van der Waals surface area contributed by atoms with Gasteiger partial charge < -0.3 is 18.6 Å². The third-order valence-corrected chi connectivity index (χ3v) is 6.54. The normalized spacial score (nSPS) is 17.1. The molecule has 5 heterocycles. The number of carbonyl (C=O) groups is 1. The molecule has 180 valence electrons. The fourth-order valence-corrected chi connectivity index (χ4v) is 5.09. The quantitative estimate of drug-likeness (QED) is 0.434. The van der Waals surface area contributed by atoms with E-state index in [4.69, 9.17) is 4.42 Å². The van der Waals surface area contributed by atoms with Crippen LogP contribution in [0.5, 0.6) is 0 Å². The van der Waals surface area contributed by atoms with Gasteiger partial charge in [-0.3, -0.25) is 4.90 Å². The van der Waals surface area contributed by atoms with Gasteiger partial charge in [-0.1, -0.05) is 18.2 Å². The molecule has 35 heavy (non-hydrogen) atoms. The summed E-state index contributed by atoms with van der Waals surface area (Å²) in [6.45, 7) is 3.86. The first-order valence-electron chi connectivity index (χ1n) is 11.3. The highest BCUT2D eigenvalue weighted by Crippen LogP contribution is 2.39. The Balaban J connectivity index is 1.24. The fraction of sp³-hybridized carbons (Fsp3) is 0.333. The molecule has 3 aromatic heterocycles. The summed E-state index contributed by atoms with van der Waals surface area (Å²) >= 11 is 0. The number of para-hydroxylation sites is 1. The van der Waals surface area contributed by atoms with E-state index < -0.39 is 12.3 Å². The van der Waals surface area contributed by atoms with Crippen molar-refractivity contribution in [2.24, 2.45) is 5.41 Å². The zero-order chi connectivity index (χ0) is 24.2. The maximum absolute atomic E-state index is 13.5. The number of anilines is 1. The first-order valence-corrected chi connectivity index (χ1v) is 11.3. The smallest absolute Gasteiger partial charge is 0.324 e. The topological polar surface area (TPSA) is 83.0 Å². The zero-order valence-corrected chi connectivity index (χ0v) is 19.0. The number of hydrogen-bond donors (Lipinski definition) is 0. The van der Waals surface area contributed by atoms with Crippen LogP contribution < -0.4 is 4.90 Å². The number of alkyl halides is 2. The van der Waals surface area contributed by atoms with E-state index in [9.17, 15) is 13.6 Å². The number of hydrogen-bond acceptors (Lipinski definition) is 6. The van der Waals surface area contributed by atoms with Crippen molar-refractivity contribution in [1.29, 1.82) is 0 Å². The van der Waals surface area contributed by atoms with E-state index in [1.54, 1.807) is 27.6 Å². The lowest BCUT2D eigenvalue weighted by Gasteiger charge is -2.59. The molecular weight excluding hydrogens is 456 g/mol. The fourth-order valence-electron chi connectivity index (χ4n) is 5.09. The molecule has 6 rings (SSSR count). The summed E-state index contributed by atoms with van der Waals surface area (Å²) in [6.07, 6.45) is 0.763. The van der Waals surface area contributed by atoms with Gasteiger partial charge in [-0.05, 0) is 31.3 Å². The Morgan fingerprint density at radius 3 is 2.60 bits per heavy atom. The van der Waals surface area contributed by atoms with Gasteiger partial charge in [0.15, 0.2) is 0 Å². The number of urea groups is 1. The third kappa shape index (κ3) is 3.91. The molecule has 11 heteroatoms. The summed E-state index contributed by atoms with van der Waals surface area (Å²) in [7, 11) is 2.09. The minimum absolute atomic E-state index is 0.00166. The SMILES string of the molecule is CN1CC2(C1)CN(C(=O)N(Cc1cn3ccc(-c4nnc(C(F)F)o4)cc3n1)c1ccccc1)C2. The molecule has 2 amide bonds. The highest BCUT2D eigenvalue weighted by Gasteiger charge is 2.52. The van der Waals surface area contributed by atoms with Crippen LogP contribution in [0.15, 0.2) is 59.3 Å². The van der Waals surface area contributed by atoms with Crippen molar-refractivity contribution in [2.45, 2.75) is 13.0 Å². The summed E-state index contributed by atoms with van der Waals surface area (Å²) in [5.41, 5.74) is 2.80. The molecule has 1 aromatic carbocycles. The first kappa shape index (κ1) is 21.7. The van der Waals surface area contributed by atoms with Crippen molar-refractivity contribution in [3.8, 4) is 11.5 Å². The van der Waals surface area contributed by atoms with Crippen LogP contribution in [-0.2, 0) is 6.54 Å². The summed E-state index contributed by atoms with van der Waals surface area (Å²) in [4.78, 5) is 24.0. The van der Waals surface area contributed by atoms with E-state index >= 15 is 0 Å². The Kier molecular flexibility index (Phi) is 5.03. The number of halogens is 2. The molecule has 0 atom stereocenters. The van der Waals surface area contributed by atoms with E-state index in [1.807, 2.05) is 41.4 Å². The van der Waals surface area contributed by atoms with Crippen LogP contribution >= 0.6 is 0 Å². The molecule has 9 nitrogen and oxygen atoms in total. The van der Waals surface area contributed by atoms with Crippen molar-refractivity contribution < 1.29 is 18.0 Å². The van der Waals surface area contributed by atoms with Crippen molar-refractivity contribution in [1.82, 2.24) is 29.4 Å². The number of aromatic nitrogens is 4. The first-order chi connectivity index (χ1) is 16.9. The number of amides is 2. The van der Waals surface area contributed by atoms with E-state index in [2.05, 4.69) is 27.1 Å². The van der Waals surface area contributed by atoms with Gasteiger partial charge in [0.25, 0.3) is 5.89 Å². The van der Waals surface area contributed by atoms with E-state index in [1.165, 1.54) is 0 Å². The lowest BCUT2D eigenvalue weighted by atomic mass is 9.73. The Bertz CT molecular complexity index is 1370. The molecule has 0 bridgehead atoms. The van der Waals surface area contributed by atoms with Gasteiger partial charge in [-0.15, -0.1) is 10.2 Å². The summed E-state index contributed by atoms with van der Waals surface area (Å²) < 4.78 is 32.5. The van der Waals surface area contributed by atoms with Gasteiger partial charge in [-0.25, -0.2) is 9.78 Å². The van der Waals surface area contributed by atoms with E-state index in [0.717, 1.165) is 31.9 Å². The molecule has 2 aliphatic heterocycles. The lowest BCUT2D eigenvalue weighted by molar-refractivity contribution is -0.0817. The third-order valence-electron chi connectivity index (χ3n) is 6.54. The molecule has 2 fully saturated rings. The predicted molar refractivity (Wildman–Crippen MR) is 123 cm³/mol. The van der Waals surface area contributed by atoms with Crippen LogP contribution in [0.3, 0.4) is 0 Å². The summed E-state index contributed by atoms with van der Waals surface area (Å²) in [5.74, 6) is -0.718. The molecule has 0 N–H and O–H groups in total. The number of pyridine rings is 1. The van der Waals surface area contributed by atoms with Crippen molar-refractivity contribution >= 4 is 17.4 Å².